The van der Waals surface area contributed by atoms with E-state index in [4.69, 9.17) is 5.73 Å². The molecular weight excluding hydrogens is 214 g/mol. The fourth-order valence-corrected chi connectivity index (χ4v) is 2.23. The zero-order valence-electron chi connectivity index (χ0n) is 9.93. The molecule has 0 aromatic heterocycles. The van der Waals surface area contributed by atoms with Crippen LogP contribution in [0.4, 0.5) is 5.69 Å². The maximum absolute atomic E-state index is 10.7. The molecule has 1 saturated heterocycles. The Kier molecular flexibility index (Phi) is 3.98. The third kappa shape index (κ3) is 3.46. The summed E-state index contributed by atoms with van der Waals surface area (Å²) in [5.74, 6) is -0.282. The normalized spacial score (nSPS) is 17.1. The van der Waals surface area contributed by atoms with Gasteiger partial charge in [-0.3, -0.25) is 4.79 Å². The van der Waals surface area contributed by atoms with Crippen LogP contribution in [0.3, 0.4) is 0 Å². The second-order valence-electron chi connectivity index (χ2n) is 4.44. The lowest BCUT2D eigenvalue weighted by Gasteiger charge is -2.33. The SMILES string of the molecule is NC(=O)CNC1CCN(c2ccccc2)CC1. The molecule has 0 atom stereocenters. The number of anilines is 1. The number of nitrogens with one attached hydrogen (secondary N) is 1. The van der Waals surface area contributed by atoms with Crippen molar-refractivity contribution in [2.24, 2.45) is 5.73 Å². The first-order valence-corrected chi connectivity index (χ1v) is 6.07. The Morgan fingerprint density at radius 3 is 2.53 bits per heavy atom. The topological polar surface area (TPSA) is 58.4 Å². The summed E-state index contributed by atoms with van der Waals surface area (Å²) in [6.45, 7) is 2.34. The molecule has 1 aliphatic rings. The molecule has 0 aliphatic carbocycles. The summed E-state index contributed by atoms with van der Waals surface area (Å²) in [5, 5.41) is 3.19. The first-order chi connectivity index (χ1) is 8.25. The molecule has 4 heteroatoms. The van der Waals surface area contributed by atoms with Crippen LogP contribution in [0.5, 0.6) is 0 Å². The molecule has 0 saturated carbocycles. The van der Waals surface area contributed by atoms with Crippen LogP contribution in [0.15, 0.2) is 30.3 Å². The quantitative estimate of drug-likeness (QED) is 0.806. The molecule has 1 amide bonds. The Hall–Kier alpha value is -1.55. The number of primary amides is 1. The number of piperidine rings is 1. The molecule has 0 spiro atoms. The van der Waals surface area contributed by atoms with Crippen LogP contribution in [0.1, 0.15) is 12.8 Å². The summed E-state index contributed by atoms with van der Waals surface area (Å²) in [5.41, 5.74) is 6.39. The highest BCUT2D eigenvalue weighted by Gasteiger charge is 2.18. The highest BCUT2D eigenvalue weighted by molar-refractivity contribution is 5.75. The molecule has 0 unspecified atom stereocenters. The summed E-state index contributed by atoms with van der Waals surface area (Å²) in [6, 6.07) is 10.8. The van der Waals surface area contributed by atoms with Crippen molar-refractivity contribution in [3.05, 3.63) is 30.3 Å². The summed E-state index contributed by atoms with van der Waals surface area (Å²) in [7, 11) is 0. The van der Waals surface area contributed by atoms with Crippen LogP contribution in [0.2, 0.25) is 0 Å². The van der Waals surface area contributed by atoms with Crippen molar-refractivity contribution in [3.63, 3.8) is 0 Å². The lowest BCUT2D eigenvalue weighted by Crippen LogP contribution is -2.45. The molecule has 1 fully saturated rings. The predicted molar refractivity (Wildman–Crippen MR) is 68.9 cm³/mol. The lowest BCUT2D eigenvalue weighted by molar-refractivity contribution is -0.117. The van der Waals surface area contributed by atoms with E-state index in [1.807, 2.05) is 6.07 Å². The second kappa shape index (κ2) is 5.68. The van der Waals surface area contributed by atoms with Crippen LogP contribution in [-0.2, 0) is 4.79 Å². The Balaban J connectivity index is 1.80. The van der Waals surface area contributed by atoms with Gasteiger partial charge in [-0.05, 0) is 25.0 Å². The second-order valence-corrected chi connectivity index (χ2v) is 4.44. The Morgan fingerprint density at radius 2 is 1.94 bits per heavy atom. The molecule has 1 aromatic carbocycles. The van der Waals surface area contributed by atoms with Gasteiger partial charge >= 0.3 is 0 Å². The highest BCUT2D eigenvalue weighted by Crippen LogP contribution is 2.19. The van der Waals surface area contributed by atoms with E-state index >= 15 is 0 Å². The molecule has 3 N–H and O–H groups in total. The molecule has 1 aromatic rings. The molecule has 17 heavy (non-hydrogen) atoms. The number of rotatable bonds is 4. The van der Waals surface area contributed by atoms with Crippen LogP contribution >= 0.6 is 0 Å². The highest BCUT2D eigenvalue weighted by atomic mass is 16.1. The van der Waals surface area contributed by atoms with E-state index in [1.165, 1.54) is 5.69 Å². The standard InChI is InChI=1S/C13H19N3O/c14-13(17)10-15-11-6-8-16(9-7-11)12-4-2-1-3-5-12/h1-5,11,15H,6-10H2,(H2,14,17). The Bertz CT molecular complexity index is 358. The summed E-state index contributed by atoms with van der Waals surface area (Å²) in [4.78, 5) is 13.1. The minimum Gasteiger partial charge on any atom is -0.371 e. The summed E-state index contributed by atoms with van der Waals surface area (Å²) in [6.07, 6.45) is 2.12. The number of nitrogens with zero attached hydrogens (tertiary/aromatic N) is 1. The van der Waals surface area contributed by atoms with Crippen LogP contribution in [0.25, 0.3) is 0 Å². The third-order valence-electron chi connectivity index (χ3n) is 3.18. The van der Waals surface area contributed by atoms with E-state index in [9.17, 15) is 4.79 Å². The number of para-hydroxylation sites is 1. The first-order valence-electron chi connectivity index (χ1n) is 6.07. The van der Waals surface area contributed by atoms with Crippen LogP contribution < -0.4 is 16.0 Å². The van der Waals surface area contributed by atoms with E-state index in [2.05, 4.69) is 34.5 Å². The van der Waals surface area contributed by atoms with Gasteiger partial charge in [-0.15, -0.1) is 0 Å². The fraction of sp³-hybridized carbons (Fsp3) is 0.462. The summed E-state index contributed by atoms with van der Waals surface area (Å²) >= 11 is 0. The van der Waals surface area contributed by atoms with E-state index in [0.717, 1.165) is 25.9 Å². The van der Waals surface area contributed by atoms with E-state index in [-0.39, 0.29) is 12.5 Å². The van der Waals surface area contributed by atoms with Crippen molar-refractivity contribution >= 4 is 11.6 Å². The number of hydrogen-bond donors (Lipinski definition) is 2. The minimum atomic E-state index is -0.282. The molecule has 4 nitrogen and oxygen atoms in total. The van der Waals surface area contributed by atoms with Crippen molar-refractivity contribution in [2.45, 2.75) is 18.9 Å². The monoisotopic (exact) mass is 233 g/mol. The van der Waals surface area contributed by atoms with Crippen molar-refractivity contribution in [3.8, 4) is 0 Å². The van der Waals surface area contributed by atoms with Gasteiger partial charge in [-0.25, -0.2) is 0 Å². The van der Waals surface area contributed by atoms with E-state index < -0.39 is 0 Å². The van der Waals surface area contributed by atoms with Gasteiger partial charge in [0.15, 0.2) is 0 Å². The largest absolute Gasteiger partial charge is 0.371 e. The Morgan fingerprint density at radius 1 is 1.29 bits per heavy atom. The van der Waals surface area contributed by atoms with Crippen molar-refractivity contribution < 1.29 is 4.79 Å². The Labute approximate surface area is 102 Å². The van der Waals surface area contributed by atoms with Crippen LogP contribution in [0, 0.1) is 0 Å². The van der Waals surface area contributed by atoms with Crippen LogP contribution in [-0.4, -0.2) is 31.6 Å². The lowest BCUT2D eigenvalue weighted by atomic mass is 10.0. The number of amides is 1. The van der Waals surface area contributed by atoms with E-state index in [1.54, 1.807) is 0 Å². The van der Waals surface area contributed by atoms with Gasteiger partial charge < -0.3 is 16.0 Å². The smallest absolute Gasteiger partial charge is 0.231 e. The average Bonchev–Trinajstić information content (AvgIpc) is 2.38. The molecule has 1 heterocycles. The summed E-state index contributed by atoms with van der Waals surface area (Å²) < 4.78 is 0. The average molecular weight is 233 g/mol. The maximum atomic E-state index is 10.7. The zero-order chi connectivity index (χ0) is 12.1. The number of hydrogen-bond acceptors (Lipinski definition) is 3. The van der Waals surface area contributed by atoms with Gasteiger partial charge in [-0.2, -0.15) is 0 Å². The number of nitrogens with two attached hydrogens (primary N) is 1. The van der Waals surface area contributed by atoms with Gasteiger partial charge in [-0.1, -0.05) is 18.2 Å². The van der Waals surface area contributed by atoms with Gasteiger partial charge in [0, 0.05) is 24.8 Å². The number of carbonyl (C=O) groups is 1. The van der Waals surface area contributed by atoms with Gasteiger partial charge in [0.1, 0.15) is 0 Å². The molecule has 92 valence electrons. The third-order valence-corrected chi connectivity index (χ3v) is 3.18. The van der Waals surface area contributed by atoms with Crippen molar-refractivity contribution in [1.82, 2.24) is 5.32 Å². The van der Waals surface area contributed by atoms with E-state index in [0.29, 0.717) is 6.04 Å². The maximum Gasteiger partial charge on any atom is 0.231 e. The first kappa shape index (κ1) is 11.9. The van der Waals surface area contributed by atoms with Crippen molar-refractivity contribution in [2.75, 3.05) is 24.5 Å². The van der Waals surface area contributed by atoms with Crippen molar-refractivity contribution in [1.29, 1.82) is 0 Å². The minimum absolute atomic E-state index is 0.282. The predicted octanol–water partition coefficient (Wildman–Crippen LogP) is 0.730. The molecule has 1 aliphatic heterocycles. The number of benzene rings is 1. The molecule has 0 radical (unpaired) electrons. The fourth-order valence-electron chi connectivity index (χ4n) is 2.23. The number of carbonyl (C=O) groups excluding carboxylic acids is 1. The zero-order valence-corrected chi connectivity index (χ0v) is 9.93. The molecule has 0 bridgehead atoms. The van der Waals surface area contributed by atoms with Gasteiger partial charge in [0.2, 0.25) is 5.91 Å². The molecule has 2 rings (SSSR count). The van der Waals surface area contributed by atoms with Gasteiger partial charge in [0.25, 0.3) is 0 Å². The molecular formula is C13H19N3O. The van der Waals surface area contributed by atoms with Gasteiger partial charge in [0.05, 0.1) is 6.54 Å².